The first-order valence-electron chi connectivity index (χ1n) is 10.7. The average Bonchev–Trinajstić information content (AvgIpc) is 3.01. The maximum atomic E-state index is 13.6. The molecular formula is C27H25FN2O3. The van der Waals surface area contributed by atoms with Gasteiger partial charge in [-0.1, -0.05) is 24.3 Å². The lowest BCUT2D eigenvalue weighted by Gasteiger charge is -2.19. The van der Waals surface area contributed by atoms with E-state index in [0.717, 1.165) is 11.1 Å². The highest BCUT2D eigenvalue weighted by molar-refractivity contribution is 6.46. The predicted molar refractivity (Wildman–Crippen MR) is 128 cm³/mol. The minimum absolute atomic E-state index is 0.0387. The minimum Gasteiger partial charge on any atom is -0.491 e. The normalized spacial score (nSPS) is 13.8. The van der Waals surface area contributed by atoms with E-state index < -0.39 is 17.6 Å². The molecule has 0 saturated carbocycles. The number of carbonyl (C=O) groups is 2. The molecular weight excluding hydrogens is 419 g/mol. The number of nitrogens with zero attached hydrogens (tertiary/aromatic N) is 1. The van der Waals surface area contributed by atoms with Gasteiger partial charge in [0.1, 0.15) is 17.3 Å². The molecule has 6 heteroatoms. The third-order valence-corrected chi connectivity index (χ3v) is 5.53. The lowest BCUT2D eigenvalue weighted by Crippen LogP contribution is -2.33. The number of carbonyl (C=O) groups excluding carboxylic acids is 2. The molecule has 0 radical (unpaired) electrons. The van der Waals surface area contributed by atoms with E-state index in [-0.39, 0.29) is 17.4 Å². The van der Waals surface area contributed by atoms with Crippen molar-refractivity contribution in [3.63, 3.8) is 0 Å². The summed E-state index contributed by atoms with van der Waals surface area (Å²) < 4.78 is 19.2. The van der Waals surface area contributed by atoms with Crippen LogP contribution in [-0.2, 0) is 9.59 Å². The van der Waals surface area contributed by atoms with E-state index in [1.807, 2.05) is 39.8 Å². The van der Waals surface area contributed by atoms with Crippen molar-refractivity contribution >= 4 is 28.8 Å². The highest BCUT2D eigenvalue weighted by atomic mass is 19.1. The van der Waals surface area contributed by atoms with Gasteiger partial charge in [-0.05, 0) is 86.8 Å². The van der Waals surface area contributed by atoms with Crippen LogP contribution >= 0.6 is 0 Å². The number of imide groups is 1. The van der Waals surface area contributed by atoms with Crippen molar-refractivity contribution in [2.24, 2.45) is 0 Å². The second-order valence-corrected chi connectivity index (χ2v) is 8.24. The van der Waals surface area contributed by atoms with Gasteiger partial charge in [-0.25, -0.2) is 9.29 Å². The summed E-state index contributed by atoms with van der Waals surface area (Å²) in [5.41, 5.74) is 3.78. The van der Waals surface area contributed by atoms with Gasteiger partial charge in [0.05, 0.1) is 17.4 Å². The number of hydrogen-bond acceptors (Lipinski definition) is 4. The van der Waals surface area contributed by atoms with Crippen molar-refractivity contribution < 1.29 is 18.7 Å². The summed E-state index contributed by atoms with van der Waals surface area (Å²) in [6.45, 7) is 7.69. The predicted octanol–water partition coefficient (Wildman–Crippen LogP) is 5.63. The second kappa shape index (κ2) is 8.90. The maximum Gasteiger partial charge on any atom is 0.282 e. The van der Waals surface area contributed by atoms with Crippen LogP contribution in [0.3, 0.4) is 0 Å². The van der Waals surface area contributed by atoms with Crippen LogP contribution in [0.15, 0.2) is 72.4 Å². The van der Waals surface area contributed by atoms with Crippen LogP contribution in [0.4, 0.5) is 15.8 Å². The number of anilines is 2. The lowest BCUT2D eigenvalue weighted by molar-refractivity contribution is -0.120. The SMILES string of the molecule is Cc1cccc(N2C(=O)C(Nc3ccc(OC(C)C)cc3)=C(c3ccc(F)cc3)C2=O)c1C. The zero-order valence-corrected chi connectivity index (χ0v) is 19.0. The van der Waals surface area contributed by atoms with E-state index in [1.54, 1.807) is 30.3 Å². The average molecular weight is 445 g/mol. The zero-order chi connectivity index (χ0) is 23.7. The van der Waals surface area contributed by atoms with Gasteiger partial charge in [0, 0.05) is 5.69 Å². The molecule has 0 atom stereocenters. The molecule has 0 fully saturated rings. The van der Waals surface area contributed by atoms with Gasteiger partial charge in [-0.15, -0.1) is 0 Å². The highest BCUT2D eigenvalue weighted by Gasteiger charge is 2.41. The molecule has 168 valence electrons. The Morgan fingerprint density at radius 2 is 1.55 bits per heavy atom. The van der Waals surface area contributed by atoms with Crippen LogP contribution in [0.5, 0.6) is 5.75 Å². The smallest absolute Gasteiger partial charge is 0.282 e. The van der Waals surface area contributed by atoms with E-state index in [9.17, 15) is 14.0 Å². The summed E-state index contributed by atoms with van der Waals surface area (Å²) in [4.78, 5) is 28.2. The molecule has 5 nitrogen and oxygen atoms in total. The maximum absolute atomic E-state index is 13.6. The largest absolute Gasteiger partial charge is 0.491 e. The number of benzene rings is 3. The number of ether oxygens (including phenoxy) is 1. The van der Waals surface area contributed by atoms with Crippen LogP contribution in [0.25, 0.3) is 5.57 Å². The molecule has 0 aromatic heterocycles. The number of aryl methyl sites for hydroxylation is 1. The van der Waals surface area contributed by atoms with E-state index in [2.05, 4.69) is 5.32 Å². The van der Waals surface area contributed by atoms with Crippen molar-refractivity contribution in [1.29, 1.82) is 0 Å². The van der Waals surface area contributed by atoms with Crippen LogP contribution in [0, 0.1) is 19.7 Å². The van der Waals surface area contributed by atoms with E-state index in [1.165, 1.54) is 29.2 Å². The third kappa shape index (κ3) is 4.37. The van der Waals surface area contributed by atoms with Gasteiger partial charge in [-0.2, -0.15) is 0 Å². The van der Waals surface area contributed by atoms with Crippen LogP contribution in [-0.4, -0.2) is 17.9 Å². The molecule has 3 aromatic carbocycles. The molecule has 0 saturated heterocycles. The molecule has 0 unspecified atom stereocenters. The number of rotatable bonds is 6. The number of nitrogens with one attached hydrogen (secondary N) is 1. The topological polar surface area (TPSA) is 58.6 Å². The summed E-state index contributed by atoms with van der Waals surface area (Å²) in [7, 11) is 0. The third-order valence-electron chi connectivity index (χ3n) is 5.53. The van der Waals surface area contributed by atoms with Crippen LogP contribution < -0.4 is 15.0 Å². The van der Waals surface area contributed by atoms with Gasteiger partial charge in [-0.3, -0.25) is 9.59 Å². The first-order chi connectivity index (χ1) is 15.8. The summed E-state index contributed by atoms with van der Waals surface area (Å²) in [6.07, 6.45) is 0.0387. The molecule has 1 aliphatic heterocycles. The van der Waals surface area contributed by atoms with Crippen LogP contribution in [0.1, 0.15) is 30.5 Å². The standard InChI is InChI=1S/C27H25FN2O3/c1-16(2)33-22-14-12-21(13-15-22)29-25-24(19-8-10-20(28)11-9-19)26(31)30(27(25)32)23-7-5-6-17(3)18(23)4/h5-16,29H,1-4H3. The first-order valence-corrected chi connectivity index (χ1v) is 10.7. The fraction of sp³-hybridized carbons (Fsp3) is 0.185. The van der Waals surface area contributed by atoms with Gasteiger partial charge in [0.2, 0.25) is 0 Å². The zero-order valence-electron chi connectivity index (χ0n) is 19.0. The minimum atomic E-state index is -0.462. The Kier molecular flexibility index (Phi) is 6.01. The van der Waals surface area contributed by atoms with Gasteiger partial charge in [0.15, 0.2) is 0 Å². The molecule has 1 N–H and O–H groups in total. The summed E-state index contributed by atoms with van der Waals surface area (Å²) in [5.74, 6) is -0.634. The second-order valence-electron chi connectivity index (χ2n) is 8.24. The molecule has 1 aliphatic rings. The van der Waals surface area contributed by atoms with Crippen molar-refractivity contribution in [3.05, 3.63) is 94.9 Å². The van der Waals surface area contributed by atoms with Crippen molar-refractivity contribution in [2.45, 2.75) is 33.8 Å². The molecule has 1 heterocycles. The molecule has 3 aromatic rings. The molecule has 0 spiro atoms. The van der Waals surface area contributed by atoms with E-state index >= 15 is 0 Å². The van der Waals surface area contributed by atoms with Gasteiger partial charge >= 0.3 is 0 Å². The van der Waals surface area contributed by atoms with Gasteiger partial charge in [0.25, 0.3) is 11.8 Å². The molecule has 2 amide bonds. The molecule has 0 aliphatic carbocycles. The van der Waals surface area contributed by atoms with E-state index in [0.29, 0.717) is 22.7 Å². The Bertz CT molecular complexity index is 1250. The fourth-order valence-corrected chi connectivity index (χ4v) is 3.76. The Morgan fingerprint density at radius 3 is 2.18 bits per heavy atom. The highest BCUT2D eigenvalue weighted by Crippen LogP contribution is 2.36. The van der Waals surface area contributed by atoms with Gasteiger partial charge < -0.3 is 10.1 Å². The molecule has 33 heavy (non-hydrogen) atoms. The quantitative estimate of drug-likeness (QED) is 0.501. The fourth-order valence-electron chi connectivity index (χ4n) is 3.76. The first kappa shape index (κ1) is 22.3. The lowest BCUT2D eigenvalue weighted by atomic mass is 10.0. The summed E-state index contributed by atoms with van der Waals surface area (Å²) in [6, 6.07) is 18.2. The monoisotopic (exact) mass is 444 g/mol. The van der Waals surface area contributed by atoms with Crippen molar-refractivity contribution in [1.82, 2.24) is 0 Å². The van der Waals surface area contributed by atoms with Crippen molar-refractivity contribution in [3.8, 4) is 5.75 Å². The van der Waals surface area contributed by atoms with Crippen LogP contribution in [0.2, 0.25) is 0 Å². The molecule has 4 rings (SSSR count). The Hall–Kier alpha value is -3.93. The Morgan fingerprint density at radius 1 is 0.879 bits per heavy atom. The molecule has 0 bridgehead atoms. The van der Waals surface area contributed by atoms with E-state index in [4.69, 9.17) is 4.74 Å². The Labute approximate surface area is 192 Å². The van der Waals surface area contributed by atoms with Crippen molar-refractivity contribution in [2.75, 3.05) is 10.2 Å². The number of amides is 2. The Balaban J connectivity index is 1.77. The summed E-state index contributed by atoms with van der Waals surface area (Å²) in [5, 5.41) is 3.12. The summed E-state index contributed by atoms with van der Waals surface area (Å²) >= 11 is 0. The number of halogens is 1. The number of hydrogen-bond donors (Lipinski definition) is 1.